The van der Waals surface area contributed by atoms with E-state index in [2.05, 4.69) is 17.3 Å². The summed E-state index contributed by atoms with van der Waals surface area (Å²) in [5.74, 6) is 0.302. The minimum Gasteiger partial charge on any atom is -0.326 e. The zero-order chi connectivity index (χ0) is 16.4. The van der Waals surface area contributed by atoms with E-state index in [-0.39, 0.29) is 17.7 Å². The molecule has 1 aromatic carbocycles. The fourth-order valence-corrected chi connectivity index (χ4v) is 3.51. The lowest BCUT2D eigenvalue weighted by molar-refractivity contribution is -0.121. The van der Waals surface area contributed by atoms with E-state index in [1.165, 1.54) is 0 Å². The molecule has 2 saturated heterocycles. The van der Waals surface area contributed by atoms with Gasteiger partial charge in [-0.25, -0.2) is 0 Å². The highest BCUT2D eigenvalue weighted by Gasteiger charge is 2.25. The molecule has 5 heteroatoms. The predicted molar refractivity (Wildman–Crippen MR) is 91.6 cm³/mol. The van der Waals surface area contributed by atoms with Crippen LogP contribution in [0, 0.1) is 12.8 Å². The molecule has 0 radical (unpaired) electrons. The number of hydrogen-bond donors (Lipinski definition) is 1. The monoisotopic (exact) mass is 315 g/mol. The highest BCUT2D eigenvalue weighted by Crippen LogP contribution is 2.28. The van der Waals surface area contributed by atoms with Crippen LogP contribution in [0.5, 0.6) is 0 Å². The van der Waals surface area contributed by atoms with Crippen LogP contribution < -0.4 is 10.2 Å². The van der Waals surface area contributed by atoms with E-state index in [0.29, 0.717) is 6.42 Å². The van der Waals surface area contributed by atoms with Crippen LogP contribution >= 0.6 is 0 Å². The van der Waals surface area contributed by atoms with Crippen molar-refractivity contribution in [1.29, 1.82) is 0 Å². The van der Waals surface area contributed by atoms with Crippen molar-refractivity contribution in [1.82, 2.24) is 4.90 Å². The maximum absolute atomic E-state index is 12.5. The molecule has 1 atom stereocenters. The van der Waals surface area contributed by atoms with Crippen molar-refractivity contribution in [3.05, 3.63) is 23.8 Å². The number of nitrogens with one attached hydrogen (secondary N) is 1. The minimum absolute atomic E-state index is 0.0481. The first-order valence-electron chi connectivity index (χ1n) is 8.45. The lowest BCUT2D eigenvalue weighted by Gasteiger charge is -2.29. The van der Waals surface area contributed by atoms with Gasteiger partial charge in [-0.2, -0.15) is 0 Å². The Morgan fingerprint density at radius 3 is 2.78 bits per heavy atom. The second-order valence-electron chi connectivity index (χ2n) is 6.74. The summed E-state index contributed by atoms with van der Waals surface area (Å²) in [6, 6.07) is 5.83. The predicted octanol–water partition coefficient (Wildman–Crippen LogP) is 2.40. The van der Waals surface area contributed by atoms with Crippen LogP contribution in [0.25, 0.3) is 0 Å². The first kappa shape index (κ1) is 16.0. The van der Waals surface area contributed by atoms with Gasteiger partial charge in [-0.1, -0.05) is 6.07 Å². The molecule has 0 aromatic heterocycles. The van der Waals surface area contributed by atoms with Crippen LogP contribution in [0.1, 0.15) is 31.2 Å². The lowest BCUT2D eigenvalue weighted by atomic mass is 9.97. The minimum atomic E-state index is 0.0481. The lowest BCUT2D eigenvalue weighted by Crippen LogP contribution is -2.38. The van der Waals surface area contributed by atoms with Gasteiger partial charge in [-0.3, -0.25) is 9.59 Å². The average molecular weight is 315 g/mol. The molecular weight excluding hydrogens is 290 g/mol. The zero-order valence-electron chi connectivity index (χ0n) is 14.0. The molecule has 23 heavy (non-hydrogen) atoms. The van der Waals surface area contributed by atoms with Crippen LogP contribution in [0.3, 0.4) is 0 Å². The van der Waals surface area contributed by atoms with E-state index in [0.717, 1.165) is 55.8 Å². The summed E-state index contributed by atoms with van der Waals surface area (Å²) < 4.78 is 0. The van der Waals surface area contributed by atoms with E-state index in [4.69, 9.17) is 0 Å². The third-order valence-electron chi connectivity index (χ3n) is 4.84. The van der Waals surface area contributed by atoms with Gasteiger partial charge < -0.3 is 15.1 Å². The van der Waals surface area contributed by atoms with Crippen LogP contribution in [0.15, 0.2) is 18.2 Å². The SMILES string of the molecule is Cc1ccc(NC(=O)[C@@H]2CCCN(C)C2)cc1N1CCCC1=O. The Morgan fingerprint density at radius 2 is 2.09 bits per heavy atom. The van der Waals surface area contributed by atoms with Gasteiger partial charge >= 0.3 is 0 Å². The molecule has 2 aliphatic rings. The third kappa shape index (κ3) is 3.55. The van der Waals surface area contributed by atoms with Gasteiger partial charge in [0.15, 0.2) is 0 Å². The number of hydrogen-bond acceptors (Lipinski definition) is 3. The number of benzene rings is 1. The van der Waals surface area contributed by atoms with E-state index in [1.54, 1.807) is 0 Å². The molecule has 2 fully saturated rings. The Hall–Kier alpha value is -1.88. The van der Waals surface area contributed by atoms with Crippen LogP contribution in [0.4, 0.5) is 11.4 Å². The van der Waals surface area contributed by atoms with Gasteiger partial charge in [0.1, 0.15) is 0 Å². The van der Waals surface area contributed by atoms with Crippen molar-refractivity contribution >= 4 is 23.2 Å². The van der Waals surface area contributed by atoms with Crippen LogP contribution in [-0.4, -0.2) is 43.4 Å². The van der Waals surface area contributed by atoms with E-state index < -0.39 is 0 Å². The molecular formula is C18H25N3O2. The zero-order valence-corrected chi connectivity index (χ0v) is 14.0. The average Bonchev–Trinajstić information content (AvgIpc) is 2.95. The summed E-state index contributed by atoms with van der Waals surface area (Å²) in [6.45, 7) is 4.65. The van der Waals surface area contributed by atoms with Gasteiger partial charge in [0.25, 0.3) is 0 Å². The standard InChI is InChI=1S/C18H25N3O2/c1-13-7-8-15(11-16(13)21-10-4-6-17(21)22)19-18(23)14-5-3-9-20(2)12-14/h7-8,11,14H,3-6,9-10,12H2,1-2H3,(H,19,23)/t14-/m1/s1. The molecule has 0 aliphatic carbocycles. The molecule has 3 rings (SSSR count). The summed E-state index contributed by atoms with van der Waals surface area (Å²) >= 11 is 0. The van der Waals surface area contributed by atoms with Crippen molar-refractivity contribution in [2.24, 2.45) is 5.92 Å². The summed E-state index contributed by atoms with van der Waals surface area (Å²) in [5.41, 5.74) is 2.77. The van der Waals surface area contributed by atoms with Crippen molar-refractivity contribution in [2.45, 2.75) is 32.6 Å². The summed E-state index contributed by atoms with van der Waals surface area (Å²) in [5, 5.41) is 3.03. The summed E-state index contributed by atoms with van der Waals surface area (Å²) in [4.78, 5) is 28.5. The molecule has 0 saturated carbocycles. The molecule has 0 spiro atoms. The number of nitrogens with zero attached hydrogens (tertiary/aromatic N) is 2. The molecule has 0 bridgehead atoms. The van der Waals surface area contributed by atoms with E-state index in [1.807, 2.05) is 30.0 Å². The fourth-order valence-electron chi connectivity index (χ4n) is 3.51. The maximum atomic E-state index is 12.5. The van der Waals surface area contributed by atoms with Gasteiger partial charge in [0.05, 0.1) is 5.92 Å². The van der Waals surface area contributed by atoms with Crippen molar-refractivity contribution in [3.63, 3.8) is 0 Å². The highest BCUT2D eigenvalue weighted by molar-refractivity contribution is 5.98. The first-order chi connectivity index (χ1) is 11.0. The Labute approximate surface area is 137 Å². The third-order valence-corrected chi connectivity index (χ3v) is 4.84. The van der Waals surface area contributed by atoms with Crippen LogP contribution in [0.2, 0.25) is 0 Å². The van der Waals surface area contributed by atoms with Gasteiger partial charge in [-0.15, -0.1) is 0 Å². The van der Waals surface area contributed by atoms with Gasteiger partial charge in [0, 0.05) is 30.9 Å². The van der Waals surface area contributed by atoms with E-state index >= 15 is 0 Å². The normalized spacial score (nSPS) is 22.4. The number of carbonyl (C=O) groups is 2. The van der Waals surface area contributed by atoms with E-state index in [9.17, 15) is 9.59 Å². The molecule has 2 amide bonds. The number of anilines is 2. The molecule has 0 unspecified atom stereocenters. The molecule has 2 heterocycles. The quantitative estimate of drug-likeness (QED) is 0.932. The number of likely N-dealkylation sites (tertiary alicyclic amines) is 1. The molecule has 1 aromatic rings. The molecule has 5 nitrogen and oxygen atoms in total. The number of rotatable bonds is 3. The van der Waals surface area contributed by atoms with Gasteiger partial charge in [-0.05, 0) is 57.5 Å². The highest BCUT2D eigenvalue weighted by atomic mass is 16.2. The van der Waals surface area contributed by atoms with Crippen molar-refractivity contribution in [2.75, 3.05) is 36.9 Å². The molecule has 2 aliphatic heterocycles. The van der Waals surface area contributed by atoms with Crippen LogP contribution in [-0.2, 0) is 9.59 Å². The number of piperidine rings is 1. The largest absolute Gasteiger partial charge is 0.326 e. The number of carbonyl (C=O) groups excluding carboxylic acids is 2. The fraction of sp³-hybridized carbons (Fsp3) is 0.556. The molecule has 124 valence electrons. The first-order valence-corrected chi connectivity index (χ1v) is 8.45. The van der Waals surface area contributed by atoms with Crippen molar-refractivity contribution < 1.29 is 9.59 Å². The summed E-state index contributed by atoms with van der Waals surface area (Å²) in [6.07, 6.45) is 3.53. The Morgan fingerprint density at radius 1 is 1.26 bits per heavy atom. The Balaban J connectivity index is 1.73. The smallest absolute Gasteiger partial charge is 0.228 e. The Kier molecular flexibility index (Phi) is 4.66. The second kappa shape index (κ2) is 6.71. The number of amides is 2. The second-order valence-corrected chi connectivity index (χ2v) is 6.74. The maximum Gasteiger partial charge on any atom is 0.228 e. The summed E-state index contributed by atoms with van der Waals surface area (Å²) in [7, 11) is 2.06. The van der Waals surface area contributed by atoms with Crippen molar-refractivity contribution in [3.8, 4) is 0 Å². The molecule has 1 N–H and O–H groups in total. The topological polar surface area (TPSA) is 52.7 Å². The number of aryl methyl sites for hydroxylation is 1. The van der Waals surface area contributed by atoms with Gasteiger partial charge in [0.2, 0.25) is 11.8 Å². The Bertz CT molecular complexity index is 614.